The minimum absolute atomic E-state index is 0.169. The van der Waals surface area contributed by atoms with Gasteiger partial charge in [-0.3, -0.25) is 14.8 Å². The molecule has 8 heteroatoms. The van der Waals surface area contributed by atoms with Crippen LogP contribution in [0.2, 0.25) is 0 Å². The van der Waals surface area contributed by atoms with Gasteiger partial charge in [-0.2, -0.15) is 15.5 Å². The van der Waals surface area contributed by atoms with Crippen LogP contribution in [0.1, 0.15) is 19.3 Å². The second kappa shape index (κ2) is 6.79. The van der Waals surface area contributed by atoms with Gasteiger partial charge in [-0.05, 0) is 43.2 Å². The van der Waals surface area contributed by atoms with Crippen molar-refractivity contribution >= 4 is 10.9 Å². The monoisotopic (exact) mass is 385 g/mol. The number of methoxy groups -OCH3 is 1. The van der Waals surface area contributed by atoms with Crippen molar-refractivity contribution in [3.05, 3.63) is 48.9 Å². The third-order valence-electron chi connectivity index (χ3n) is 5.65. The second-order valence-electron chi connectivity index (χ2n) is 7.37. The summed E-state index contributed by atoms with van der Waals surface area (Å²) < 4.78 is 7.35. The van der Waals surface area contributed by atoms with Crippen LogP contribution >= 0.6 is 0 Å². The van der Waals surface area contributed by atoms with E-state index < -0.39 is 0 Å². The number of ether oxygens (including phenoxy) is 1. The topological polar surface area (TPSA) is 105 Å². The number of aromatic nitrogens is 6. The highest BCUT2D eigenvalue weighted by molar-refractivity contribution is 5.93. The maximum atomic E-state index is 9.33. The normalized spacial score (nSPS) is 21.0. The number of H-pyrrole nitrogens is 1. The molecule has 144 valence electrons. The molecule has 4 heterocycles. The molecule has 1 aliphatic carbocycles. The van der Waals surface area contributed by atoms with E-state index in [-0.39, 0.29) is 11.6 Å². The largest absolute Gasteiger partial charge is 0.381 e. The van der Waals surface area contributed by atoms with E-state index in [1.54, 1.807) is 19.5 Å². The van der Waals surface area contributed by atoms with Gasteiger partial charge < -0.3 is 4.74 Å². The van der Waals surface area contributed by atoms with Crippen LogP contribution in [-0.2, 0) is 10.3 Å². The molecule has 1 aliphatic rings. The number of hydrogen-bond acceptors (Lipinski definition) is 6. The Bertz CT molecular complexity index is 1200. The zero-order chi connectivity index (χ0) is 19.8. The maximum Gasteiger partial charge on any atom is 0.111 e. The van der Waals surface area contributed by atoms with E-state index in [4.69, 9.17) is 14.8 Å². The summed E-state index contributed by atoms with van der Waals surface area (Å²) in [6, 6.07) is 12.0. The number of nitrogens with zero attached hydrogens (tertiary/aromatic N) is 6. The minimum Gasteiger partial charge on any atom is -0.381 e. The van der Waals surface area contributed by atoms with E-state index >= 15 is 0 Å². The van der Waals surface area contributed by atoms with Gasteiger partial charge in [-0.25, -0.2) is 4.98 Å². The first kappa shape index (κ1) is 17.5. The summed E-state index contributed by atoms with van der Waals surface area (Å²) >= 11 is 0. The Labute approximate surface area is 167 Å². The van der Waals surface area contributed by atoms with Gasteiger partial charge in [0.15, 0.2) is 0 Å². The molecule has 1 fully saturated rings. The number of aromatic amines is 1. The zero-order valence-electron chi connectivity index (χ0n) is 15.9. The SMILES string of the molecule is COC1CC(CC#N)(n2ccc(-c3nc(-c4ccn[nH]4)cc4ncccc34)n2)C1. The van der Waals surface area contributed by atoms with Crippen LogP contribution in [0, 0.1) is 11.3 Å². The van der Waals surface area contributed by atoms with Crippen LogP contribution in [-0.4, -0.2) is 43.2 Å². The van der Waals surface area contributed by atoms with Gasteiger partial charge in [-0.15, -0.1) is 0 Å². The molecule has 0 saturated heterocycles. The lowest BCUT2D eigenvalue weighted by molar-refractivity contribution is -0.0541. The Morgan fingerprint density at radius 3 is 2.93 bits per heavy atom. The van der Waals surface area contributed by atoms with Gasteiger partial charge >= 0.3 is 0 Å². The van der Waals surface area contributed by atoms with Crippen molar-refractivity contribution in [2.45, 2.75) is 30.9 Å². The Kier molecular flexibility index (Phi) is 4.11. The molecule has 8 nitrogen and oxygen atoms in total. The minimum atomic E-state index is -0.317. The van der Waals surface area contributed by atoms with Gasteiger partial charge in [-0.1, -0.05) is 0 Å². The zero-order valence-corrected chi connectivity index (χ0v) is 15.9. The second-order valence-corrected chi connectivity index (χ2v) is 7.37. The lowest BCUT2D eigenvalue weighted by atomic mass is 9.72. The summed E-state index contributed by atoms with van der Waals surface area (Å²) in [5.74, 6) is 0. The highest BCUT2D eigenvalue weighted by Gasteiger charge is 2.46. The quantitative estimate of drug-likeness (QED) is 0.565. The van der Waals surface area contributed by atoms with E-state index in [0.717, 1.165) is 46.5 Å². The average Bonchev–Trinajstić information content (AvgIpc) is 3.42. The molecule has 0 radical (unpaired) electrons. The highest BCUT2D eigenvalue weighted by atomic mass is 16.5. The smallest absolute Gasteiger partial charge is 0.111 e. The Morgan fingerprint density at radius 1 is 1.28 bits per heavy atom. The number of fused-ring (bicyclic) bond motifs is 1. The molecule has 0 aromatic carbocycles. The first-order valence-corrected chi connectivity index (χ1v) is 9.44. The van der Waals surface area contributed by atoms with Crippen LogP contribution in [0.3, 0.4) is 0 Å². The fourth-order valence-electron chi connectivity index (χ4n) is 4.04. The molecule has 1 saturated carbocycles. The number of hydrogen-bond donors (Lipinski definition) is 1. The molecule has 0 spiro atoms. The molecular formula is C21H19N7O. The van der Waals surface area contributed by atoms with Crippen LogP contribution in [0.4, 0.5) is 0 Å². The first-order valence-electron chi connectivity index (χ1n) is 9.44. The molecule has 4 aromatic heterocycles. The van der Waals surface area contributed by atoms with Crippen molar-refractivity contribution in [1.82, 2.24) is 29.9 Å². The van der Waals surface area contributed by atoms with Crippen molar-refractivity contribution in [3.8, 4) is 28.8 Å². The summed E-state index contributed by atoms with van der Waals surface area (Å²) in [5.41, 5.74) is 3.61. The molecule has 5 rings (SSSR count). The van der Waals surface area contributed by atoms with Crippen LogP contribution in [0.25, 0.3) is 33.7 Å². The summed E-state index contributed by atoms with van der Waals surface area (Å²) in [4.78, 5) is 9.36. The fraction of sp³-hybridized carbons (Fsp3) is 0.286. The number of rotatable bonds is 5. The summed E-state index contributed by atoms with van der Waals surface area (Å²) in [6.07, 6.45) is 7.53. The maximum absolute atomic E-state index is 9.33. The number of nitriles is 1. The highest BCUT2D eigenvalue weighted by Crippen LogP contribution is 2.43. The van der Waals surface area contributed by atoms with Crippen LogP contribution < -0.4 is 0 Å². The standard InChI is InChI=1S/C21H19N7O/c1-29-14-12-21(13-14,6-7-22)28-10-5-17(27-28)20-15-3-2-8-23-18(15)11-19(25-20)16-4-9-24-26-16/h2-5,8-11,14H,6,12-13H2,1H3,(H,24,26). The van der Waals surface area contributed by atoms with Crippen molar-refractivity contribution < 1.29 is 4.74 Å². The summed E-state index contributed by atoms with van der Waals surface area (Å²) in [6.45, 7) is 0. The lowest BCUT2D eigenvalue weighted by Crippen LogP contribution is -2.50. The van der Waals surface area contributed by atoms with E-state index in [2.05, 4.69) is 21.3 Å². The van der Waals surface area contributed by atoms with Gasteiger partial charge in [0.05, 0.1) is 41.0 Å². The van der Waals surface area contributed by atoms with E-state index in [1.807, 2.05) is 41.2 Å². The summed E-state index contributed by atoms with van der Waals surface area (Å²) in [7, 11) is 1.71. The first-order chi connectivity index (χ1) is 14.2. The lowest BCUT2D eigenvalue weighted by Gasteiger charge is -2.45. The molecule has 0 unspecified atom stereocenters. The molecule has 0 atom stereocenters. The van der Waals surface area contributed by atoms with E-state index in [9.17, 15) is 5.26 Å². The van der Waals surface area contributed by atoms with Gasteiger partial charge in [0, 0.05) is 31.1 Å². The number of nitrogens with one attached hydrogen (secondary N) is 1. The molecule has 4 aromatic rings. The fourth-order valence-corrected chi connectivity index (χ4v) is 4.04. The molecule has 29 heavy (non-hydrogen) atoms. The van der Waals surface area contributed by atoms with Gasteiger partial charge in [0.2, 0.25) is 0 Å². The predicted octanol–water partition coefficient (Wildman–Crippen LogP) is 3.30. The Balaban J connectivity index is 1.61. The molecular weight excluding hydrogens is 366 g/mol. The molecule has 0 aliphatic heterocycles. The number of pyridine rings is 2. The van der Waals surface area contributed by atoms with Crippen molar-refractivity contribution in [1.29, 1.82) is 5.26 Å². The van der Waals surface area contributed by atoms with Crippen molar-refractivity contribution in [2.24, 2.45) is 0 Å². The molecule has 0 bridgehead atoms. The third kappa shape index (κ3) is 2.87. The third-order valence-corrected chi connectivity index (χ3v) is 5.65. The van der Waals surface area contributed by atoms with Crippen molar-refractivity contribution in [2.75, 3.05) is 7.11 Å². The van der Waals surface area contributed by atoms with E-state index in [0.29, 0.717) is 6.42 Å². The van der Waals surface area contributed by atoms with Crippen LogP contribution in [0.15, 0.2) is 48.9 Å². The van der Waals surface area contributed by atoms with Crippen LogP contribution in [0.5, 0.6) is 0 Å². The van der Waals surface area contributed by atoms with Gasteiger partial charge in [0.1, 0.15) is 11.4 Å². The molecule has 1 N–H and O–H groups in total. The van der Waals surface area contributed by atoms with Gasteiger partial charge in [0.25, 0.3) is 0 Å². The average molecular weight is 385 g/mol. The Hall–Kier alpha value is -3.57. The summed E-state index contributed by atoms with van der Waals surface area (Å²) in [5, 5.41) is 22.1. The van der Waals surface area contributed by atoms with E-state index in [1.165, 1.54) is 0 Å². The van der Waals surface area contributed by atoms with Crippen molar-refractivity contribution in [3.63, 3.8) is 0 Å². The molecule has 0 amide bonds. The Morgan fingerprint density at radius 2 is 2.17 bits per heavy atom. The predicted molar refractivity (Wildman–Crippen MR) is 107 cm³/mol.